The van der Waals surface area contributed by atoms with E-state index in [2.05, 4.69) is 55.5 Å². The molecular formula is C48H40BBrF6N8O6. The number of nitrogens with zero attached hydrogens (tertiary/aromatic N) is 6. The Labute approximate surface area is 402 Å². The van der Waals surface area contributed by atoms with Crippen LogP contribution < -0.4 is 25.8 Å². The molecule has 360 valence electrons. The lowest BCUT2D eigenvalue weighted by molar-refractivity contribution is -0.275. The van der Waals surface area contributed by atoms with Crippen LogP contribution in [0.5, 0.6) is 11.5 Å². The first-order valence-electron chi connectivity index (χ1n) is 20.0. The second-order valence-corrected chi connectivity index (χ2v) is 15.7. The van der Waals surface area contributed by atoms with E-state index in [9.17, 15) is 35.9 Å². The topological polar surface area (TPSA) is 185 Å². The molecule has 0 atom stereocenters. The summed E-state index contributed by atoms with van der Waals surface area (Å²) in [6.45, 7) is 3.52. The fraction of sp³-hybridized carbons (Fsp3) is 0.125. The zero-order valence-electron chi connectivity index (χ0n) is 35.1. The zero-order valence-corrected chi connectivity index (χ0v) is 36.7. The van der Waals surface area contributed by atoms with Gasteiger partial charge in [-0.1, -0.05) is 63.4 Å². The summed E-state index contributed by atoms with van der Waals surface area (Å²) < 4.78 is 83.8. The average molecular weight is 1030 g/mol. The maximum absolute atomic E-state index is 12.7. The van der Waals surface area contributed by atoms with E-state index in [4.69, 9.17) is 10.0 Å². The van der Waals surface area contributed by atoms with E-state index in [1.807, 2.05) is 60.8 Å². The number of pyridine rings is 4. The Morgan fingerprint density at radius 3 is 1.44 bits per heavy atom. The quantitative estimate of drug-likeness (QED) is 0.0923. The van der Waals surface area contributed by atoms with Gasteiger partial charge in [0, 0.05) is 55.4 Å². The number of nitrogens with one attached hydrogen (secondary N) is 2. The fourth-order valence-corrected chi connectivity index (χ4v) is 7.26. The molecule has 0 saturated carbocycles. The number of hydrogen-bond acceptors (Lipinski definition) is 10. The monoisotopic (exact) mass is 1030 g/mol. The number of ether oxygens (including phenoxy) is 2. The molecule has 0 unspecified atom stereocenters. The van der Waals surface area contributed by atoms with Crippen molar-refractivity contribution in [1.29, 1.82) is 0 Å². The molecule has 22 heteroatoms. The second-order valence-electron chi connectivity index (χ2n) is 14.8. The van der Waals surface area contributed by atoms with Gasteiger partial charge in [-0.15, -0.1) is 36.5 Å². The van der Waals surface area contributed by atoms with Crippen LogP contribution in [0.15, 0.2) is 148 Å². The molecule has 10 aromatic rings. The van der Waals surface area contributed by atoms with Crippen molar-refractivity contribution in [3.05, 3.63) is 170 Å². The first-order valence-corrected chi connectivity index (χ1v) is 20.8. The fourth-order valence-electron chi connectivity index (χ4n) is 6.93. The molecule has 0 bridgehead atoms. The van der Waals surface area contributed by atoms with Crippen molar-refractivity contribution in [3.8, 4) is 45.7 Å². The van der Waals surface area contributed by atoms with Gasteiger partial charge >= 0.3 is 19.8 Å². The van der Waals surface area contributed by atoms with Crippen LogP contribution in [-0.4, -0.2) is 69.1 Å². The number of H-pyrrole nitrogens is 2. The lowest BCUT2D eigenvalue weighted by atomic mass is 9.80. The standard InChI is InChI=1S/C23H15F3N4O2.C16H11BrN4O.C7H6BF3O3.2CH4/c1-13-20(27-18-5-3-2-4-17(18)21(13)31)22-28-19-11-8-15(12-30(19)29-22)14-6-9-16(10-7-14)32-23(24,25)26;1-9-14(18-12-5-3-2-4-11(12)15(9)22)16-19-13-7-6-10(17)8-21(13)20-16;9-7(10,11)14-6-3-1-5(2-4-6)8(12)13;;/h2-12H,1H3,(H,27,31);2-8H,1H3,(H,18,22);1-4,12-13H;2*1H4. The number of hydrogen-bond donors (Lipinski definition) is 4. The number of aromatic nitrogens is 8. The molecule has 0 spiro atoms. The van der Waals surface area contributed by atoms with Crippen LogP contribution in [0.1, 0.15) is 26.0 Å². The Bertz CT molecular complexity index is 3580. The second kappa shape index (κ2) is 20.8. The van der Waals surface area contributed by atoms with Gasteiger partial charge in [-0.05, 0) is 114 Å². The maximum Gasteiger partial charge on any atom is 0.573 e. The third-order valence-corrected chi connectivity index (χ3v) is 10.7. The predicted octanol–water partition coefficient (Wildman–Crippen LogP) is 9.96. The molecule has 0 aliphatic carbocycles. The highest BCUT2D eigenvalue weighted by atomic mass is 79.9. The maximum atomic E-state index is 12.7. The molecule has 0 aliphatic heterocycles. The highest BCUT2D eigenvalue weighted by Gasteiger charge is 2.32. The molecule has 0 aliphatic rings. The minimum absolute atomic E-state index is 0. The lowest BCUT2D eigenvalue weighted by Gasteiger charge is -2.09. The van der Waals surface area contributed by atoms with Crippen molar-refractivity contribution in [3.63, 3.8) is 0 Å². The summed E-state index contributed by atoms with van der Waals surface area (Å²) in [6.07, 6.45) is -5.92. The van der Waals surface area contributed by atoms with E-state index in [1.54, 1.807) is 47.3 Å². The van der Waals surface area contributed by atoms with Crippen LogP contribution >= 0.6 is 15.9 Å². The number of halogens is 7. The largest absolute Gasteiger partial charge is 0.573 e. The molecular weight excluding hydrogens is 989 g/mol. The number of para-hydroxylation sites is 2. The van der Waals surface area contributed by atoms with Crippen LogP contribution in [0.2, 0.25) is 0 Å². The van der Waals surface area contributed by atoms with E-state index in [1.165, 1.54) is 24.3 Å². The van der Waals surface area contributed by atoms with E-state index in [0.29, 0.717) is 61.7 Å². The van der Waals surface area contributed by atoms with Gasteiger partial charge < -0.3 is 29.5 Å². The zero-order chi connectivity index (χ0) is 48.5. The molecule has 0 saturated heterocycles. The van der Waals surface area contributed by atoms with Crippen molar-refractivity contribution >= 4 is 61.6 Å². The average Bonchev–Trinajstić information content (AvgIpc) is 3.92. The molecule has 10 rings (SSSR count). The third-order valence-electron chi connectivity index (χ3n) is 10.2. The van der Waals surface area contributed by atoms with Gasteiger partial charge in [-0.2, -0.15) is 0 Å². The molecule has 0 amide bonds. The first kappa shape index (κ1) is 51.6. The summed E-state index contributed by atoms with van der Waals surface area (Å²) in [7, 11) is -1.70. The van der Waals surface area contributed by atoms with Gasteiger partial charge in [-0.3, -0.25) is 9.59 Å². The Kier molecular flexibility index (Phi) is 15.3. The van der Waals surface area contributed by atoms with Gasteiger partial charge in [0.2, 0.25) is 0 Å². The minimum atomic E-state index is -4.74. The van der Waals surface area contributed by atoms with Crippen LogP contribution in [0.3, 0.4) is 0 Å². The van der Waals surface area contributed by atoms with Crippen molar-refractivity contribution in [1.82, 2.24) is 39.2 Å². The highest BCUT2D eigenvalue weighted by molar-refractivity contribution is 9.10. The summed E-state index contributed by atoms with van der Waals surface area (Å²) in [6, 6.07) is 31.8. The predicted molar refractivity (Wildman–Crippen MR) is 259 cm³/mol. The van der Waals surface area contributed by atoms with Crippen LogP contribution in [-0.2, 0) is 0 Å². The van der Waals surface area contributed by atoms with Crippen LogP contribution in [0, 0.1) is 13.8 Å². The van der Waals surface area contributed by atoms with Gasteiger partial charge in [0.15, 0.2) is 33.8 Å². The third kappa shape index (κ3) is 11.7. The van der Waals surface area contributed by atoms with E-state index >= 15 is 0 Å². The van der Waals surface area contributed by atoms with Crippen molar-refractivity contribution in [2.75, 3.05) is 0 Å². The highest BCUT2D eigenvalue weighted by Crippen LogP contribution is 2.28. The SMILES string of the molecule is C.C.Cc1c(-c2nc3ccc(-c4ccc(OC(F)(F)F)cc4)cn3n2)[nH]c2ccccc2c1=O.Cc1c(-c2nc3ccc(Br)cn3n2)[nH]c2ccccc2c1=O.OB(O)c1ccc(OC(F)(F)F)cc1. The van der Waals surface area contributed by atoms with Gasteiger partial charge in [-0.25, -0.2) is 19.0 Å². The number of benzene rings is 4. The summed E-state index contributed by atoms with van der Waals surface area (Å²) >= 11 is 3.41. The number of aromatic amines is 2. The van der Waals surface area contributed by atoms with Crippen LogP contribution in [0.25, 0.3) is 67.3 Å². The molecule has 6 aromatic heterocycles. The van der Waals surface area contributed by atoms with Crippen molar-refractivity contribution in [2.24, 2.45) is 0 Å². The summed E-state index contributed by atoms with van der Waals surface area (Å²) in [5.74, 6) is 0.192. The van der Waals surface area contributed by atoms with E-state index in [-0.39, 0.29) is 36.9 Å². The molecule has 70 heavy (non-hydrogen) atoms. The van der Waals surface area contributed by atoms with Gasteiger partial charge in [0.05, 0.1) is 11.4 Å². The number of rotatable bonds is 6. The molecule has 6 heterocycles. The summed E-state index contributed by atoms with van der Waals surface area (Å²) in [4.78, 5) is 40.8. The van der Waals surface area contributed by atoms with E-state index in [0.717, 1.165) is 45.5 Å². The smallest absolute Gasteiger partial charge is 0.423 e. The molecule has 14 nitrogen and oxygen atoms in total. The molecule has 0 radical (unpaired) electrons. The van der Waals surface area contributed by atoms with Crippen molar-refractivity contribution < 1.29 is 45.9 Å². The summed E-state index contributed by atoms with van der Waals surface area (Å²) in [5, 5.41) is 27.5. The Morgan fingerprint density at radius 2 is 0.986 bits per heavy atom. The number of alkyl halides is 6. The Hall–Kier alpha value is -7.82. The molecule has 4 aromatic carbocycles. The van der Waals surface area contributed by atoms with Crippen LogP contribution in [0.4, 0.5) is 26.3 Å². The van der Waals surface area contributed by atoms with Gasteiger partial charge in [0.25, 0.3) is 0 Å². The first-order chi connectivity index (χ1) is 32.3. The Morgan fingerprint density at radius 1 is 0.571 bits per heavy atom. The normalized spacial score (nSPS) is 11.2. The van der Waals surface area contributed by atoms with E-state index < -0.39 is 25.6 Å². The molecule has 0 fully saturated rings. The summed E-state index contributed by atoms with van der Waals surface area (Å²) in [5.41, 5.74) is 6.53. The Balaban J connectivity index is 0.000000184. The molecule has 4 N–H and O–H groups in total. The van der Waals surface area contributed by atoms with Crippen molar-refractivity contribution in [2.45, 2.75) is 41.4 Å². The minimum Gasteiger partial charge on any atom is -0.423 e. The van der Waals surface area contributed by atoms with Gasteiger partial charge in [0.1, 0.15) is 11.5 Å². The lowest BCUT2D eigenvalue weighted by Crippen LogP contribution is -2.29. The number of fused-ring (bicyclic) bond motifs is 4.